The molecule has 1 aliphatic heterocycles. The van der Waals surface area contributed by atoms with Crippen LogP contribution in [0.4, 0.5) is 0 Å². The van der Waals surface area contributed by atoms with E-state index in [1.165, 1.54) is 5.56 Å². The average Bonchev–Trinajstić information content (AvgIpc) is 2.38. The van der Waals surface area contributed by atoms with Crippen molar-refractivity contribution < 1.29 is 9.47 Å². The SMILES string of the molecule is CC(C)c1cccc(OCC2COCCN2)c1. The molecule has 94 valence electrons. The lowest BCUT2D eigenvalue weighted by atomic mass is 10.0. The highest BCUT2D eigenvalue weighted by Gasteiger charge is 2.13. The van der Waals surface area contributed by atoms with Crippen LogP contribution in [0.5, 0.6) is 5.75 Å². The summed E-state index contributed by atoms with van der Waals surface area (Å²) in [6.45, 7) is 7.51. The smallest absolute Gasteiger partial charge is 0.119 e. The Morgan fingerprint density at radius 1 is 1.47 bits per heavy atom. The molecule has 3 heteroatoms. The van der Waals surface area contributed by atoms with Gasteiger partial charge in [0.25, 0.3) is 0 Å². The third-order valence-corrected chi connectivity index (χ3v) is 2.97. The highest BCUT2D eigenvalue weighted by molar-refractivity contribution is 5.30. The van der Waals surface area contributed by atoms with Crippen molar-refractivity contribution in [2.45, 2.75) is 25.8 Å². The molecule has 1 fully saturated rings. The summed E-state index contributed by atoms with van der Waals surface area (Å²) in [6.07, 6.45) is 0. The first kappa shape index (κ1) is 12.4. The van der Waals surface area contributed by atoms with Crippen LogP contribution in [0, 0.1) is 0 Å². The Labute approximate surface area is 103 Å². The van der Waals surface area contributed by atoms with Crippen LogP contribution in [0.25, 0.3) is 0 Å². The quantitative estimate of drug-likeness (QED) is 0.867. The maximum atomic E-state index is 5.79. The molecule has 0 aliphatic carbocycles. The predicted molar refractivity (Wildman–Crippen MR) is 68.6 cm³/mol. The van der Waals surface area contributed by atoms with Crippen LogP contribution in [0.1, 0.15) is 25.3 Å². The first-order chi connectivity index (χ1) is 8.25. The van der Waals surface area contributed by atoms with Gasteiger partial charge < -0.3 is 14.8 Å². The number of ether oxygens (including phenoxy) is 2. The Hall–Kier alpha value is -1.06. The van der Waals surface area contributed by atoms with Gasteiger partial charge in [-0.25, -0.2) is 0 Å². The van der Waals surface area contributed by atoms with Crippen LogP contribution < -0.4 is 10.1 Å². The lowest BCUT2D eigenvalue weighted by molar-refractivity contribution is 0.0592. The van der Waals surface area contributed by atoms with Crippen molar-refractivity contribution in [3.05, 3.63) is 29.8 Å². The van der Waals surface area contributed by atoms with Crippen molar-refractivity contribution in [2.75, 3.05) is 26.4 Å². The molecule has 1 saturated heterocycles. The number of rotatable bonds is 4. The van der Waals surface area contributed by atoms with E-state index < -0.39 is 0 Å². The van der Waals surface area contributed by atoms with Crippen LogP contribution in [0.3, 0.4) is 0 Å². The van der Waals surface area contributed by atoms with Crippen molar-refractivity contribution in [1.82, 2.24) is 5.32 Å². The molecule has 1 atom stereocenters. The van der Waals surface area contributed by atoms with E-state index in [4.69, 9.17) is 9.47 Å². The molecule has 1 aliphatic rings. The Balaban J connectivity index is 1.87. The summed E-state index contributed by atoms with van der Waals surface area (Å²) in [6, 6.07) is 8.63. The molecule has 0 saturated carbocycles. The van der Waals surface area contributed by atoms with Crippen molar-refractivity contribution in [3.8, 4) is 5.75 Å². The van der Waals surface area contributed by atoms with E-state index >= 15 is 0 Å². The van der Waals surface area contributed by atoms with Crippen LogP contribution in [-0.4, -0.2) is 32.4 Å². The highest BCUT2D eigenvalue weighted by Crippen LogP contribution is 2.20. The fourth-order valence-corrected chi connectivity index (χ4v) is 1.89. The fraction of sp³-hybridized carbons (Fsp3) is 0.571. The standard InChI is InChI=1S/C14H21NO2/c1-11(2)12-4-3-5-14(8-12)17-10-13-9-16-7-6-15-13/h3-5,8,11,13,15H,6-7,9-10H2,1-2H3. The molecule has 1 aromatic rings. The summed E-state index contributed by atoms with van der Waals surface area (Å²) < 4.78 is 11.2. The zero-order chi connectivity index (χ0) is 12.1. The number of nitrogens with one attached hydrogen (secondary N) is 1. The van der Waals surface area contributed by atoms with Gasteiger partial charge in [0.1, 0.15) is 12.4 Å². The monoisotopic (exact) mass is 235 g/mol. The minimum absolute atomic E-state index is 0.312. The second kappa shape index (κ2) is 6.03. The van der Waals surface area contributed by atoms with Gasteiger partial charge >= 0.3 is 0 Å². The van der Waals surface area contributed by atoms with Gasteiger partial charge in [0.05, 0.1) is 19.3 Å². The molecule has 2 rings (SSSR count). The molecular weight excluding hydrogens is 214 g/mol. The van der Waals surface area contributed by atoms with Crippen molar-refractivity contribution in [2.24, 2.45) is 0 Å². The van der Waals surface area contributed by atoms with E-state index in [0.717, 1.165) is 25.5 Å². The van der Waals surface area contributed by atoms with Gasteiger partial charge in [-0.15, -0.1) is 0 Å². The molecule has 1 N–H and O–H groups in total. The van der Waals surface area contributed by atoms with E-state index in [0.29, 0.717) is 18.6 Å². The lowest BCUT2D eigenvalue weighted by Gasteiger charge is -2.23. The van der Waals surface area contributed by atoms with Gasteiger partial charge in [0.15, 0.2) is 0 Å². The van der Waals surface area contributed by atoms with Crippen molar-refractivity contribution >= 4 is 0 Å². The van der Waals surface area contributed by atoms with Gasteiger partial charge in [0, 0.05) is 6.54 Å². The van der Waals surface area contributed by atoms with Crippen molar-refractivity contribution in [3.63, 3.8) is 0 Å². The zero-order valence-electron chi connectivity index (χ0n) is 10.6. The molecule has 0 radical (unpaired) electrons. The molecule has 1 aromatic carbocycles. The Morgan fingerprint density at radius 2 is 2.35 bits per heavy atom. The minimum Gasteiger partial charge on any atom is -0.492 e. The largest absolute Gasteiger partial charge is 0.492 e. The summed E-state index contributed by atoms with van der Waals surface area (Å²) in [5, 5.41) is 3.38. The van der Waals surface area contributed by atoms with Crippen LogP contribution in [-0.2, 0) is 4.74 Å². The topological polar surface area (TPSA) is 30.5 Å². The summed E-state index contributed by atoms with van der Waals surface area (Å²) in [5.41, 5.74) is 1.32. The second-order valence-electron chi connectivity index (χ2n) is 4.76. The van der Waals surface area contributed by atoms with Gasteiger partial charge in [-0.3, -0.25) is 0 Å². The van der Waals surface area contributed by atoms with Gasteiger partial charge in [0.2, 0.25) is 0 Å². The Bertz CT molecular complexity index is 346. The van der Waals surface area contributed by atoms with E-state index in [-0.39, 0.29) is 0 Å². The van der Waals surface area contributed by atoms with Gasteiger partial charge in [-0.1, -0.05) is 26.0 Å². The van der Waals surface area contributed by atoms with Crippen LogP contribution in [0.2, 0.25) is 0 Å². The number of hydrogen-bond donors (Lipinski definition) is 1. The fourth-order valence-electron chi connectivity index (χ4n) is 1.89. The predicted octanol–water partition coefficient (Wildman–Crippen LogP) is 2.18. The third kappa shape index (κ3) is 3.72. The zero-order valence-corrected chi connectivity index (χ0v) is 10.6. The van der Waals surface area contributed by atoms with Crippen molar-refractivity contribution in [1.29, 1.82) is 0 Å². The lowest BCUT2D eigenvalue weighted by Crippen LogP contribution is -2.44. The summed E-state index contributed by atoms with van der Waals surface area (Å²) in [7, 11) is 0. The van der Waals surface area contributed by atoms with Crippen LogP contribution in [0.15, 0.2) is 24.3 Å². The molecule has 17 heavy (non-hydrogen) atoms. The molecule has 1 unspecified atom stereocenters. The molecule has 0 bridgehead atoms. The third-order valence-electron chi connectivity index (χ3n) is 2.97. The molecule has 3 nitrogen and oxygen atoms in total. The molecule has 1 heterocycles. The van der Waals surface area contributed by atoms with Gasteiger partial charge in [-0.2, -0.15) is 0 Å². The first-order valence-corrected chi connectivity index (χ1v) is 6.29. The highest BCUT2D eigenvalue weighted by atomic mass is 16.5. The normalized spacial score (nSPS) is 20.5. The molecule has 0 aromatic heterocycles. The molecular formula is C14H21NO2. The summed E-state index contributed by atoms with van der Waals surface area (Å²) in [4.78, 5) is 0. The summed E-state index contributed by atoms with van der Waals surface area (Å²) >= 11 is 0. The molecule has 0 spiro atoms. The summed E-state index contributed by atoms with van der Waals surface area (Å²) in [5.74, 6) is 1.48. The molecule has 0 amide bonds. The second-order valence-corrected chi connectivity index (χ2v) is 4.76. The van der Waals surface area contributed by atoms with E-state index in [9.17, 15) is 0 Å². The van der Waals surface area contributed by atoms with E-state index in [2.05, 4.69) is 37.4 Å². The maximum absolute atomic E-state index is 5.79. The van der Waals surface area contributed by atoms with Gasteiger partial charge in [-0.05, 0) is 23.6 Å². The number of morpholine rings is 1. The average molecular weight is 235 g/mol. The number of hydrogen-bond acceptors (Lipinski definition) is 3. The van der Waals surface area contributed by atoms with E-state index in [1.807, 2.05) is 6.07 Å². The maximum Gasteiger partial charge on any atom is 0.119 e. The first-order valence-electron chi connectivity index (χ1n) is 6.29. The van der Waals surface area contributed by atoms with Crippen LogP contribution >= 0.6 is 0 Å². The Morgan fingerprint density at radius 3 is 3.06 bits per heavy atom. The number of benzene rings is 1. The van der Waals surface area contributed by atoms with E-state index in [1.54, 1.807) is 0 Å². The minimum atomic E-state index is 0.312. The Kier molecular flexibility index (Phi) is 4.40.